The number of rotatable bonds is 8. The molecule has 1 rings (SSSR count). The lowest BCUT2D eigenvalue weighted by atomic mass is 10.1. The van der Waals surface area contributed by atoms with Crippen molar-refractivity contribution in [1.82, 2.24) is 10.6 Å². The summed E-state index contributed by atoms with van der Waals surface area (Å²) in [6.45, 7) is 7.50. The lowest BCUT2D eigenvalue weighted by Crippen LogP contribution is -2.38. The minimum atomic E-state index is 0.697. The van der Waals surface area contributed by atoms with E-state index in [1.54, 1.807) is 18.4 Å². The zero-order valence-electron chi connectivity index (χ0n) is 12.4. The fraction of sp³-hybridized carbons (Fsp3) is 0.643. The number of hydrogen-bond donors (Lipinski definition) is 2. The zero-order valence-corrected chi connectivity index (χ0v) is 14.8. The monoisotopic (exact) mass is 361 g/mol. The SMILES string of the molecule is CN=C(NCCOCCC(C)C)NCc1cc(Br)cs1. The Morgan fingerprint density at radius 3 is 2.80 bits per heavy atom. The Morgan fingerprint density at radius 2 is 2.20 bits per heavy atom. The van der Waals surface area contributed by atoms with Gasteiger partial charge in [0.1, 0.15) is 0 Å². The van der Waals surface area contributed by atoms with Crippen molar-refractivity contribution in [2.75, 3.05) is 26.8 Å². The van der Waals surface area contributed by atoms with Crippen molar-refractivity contribution in [3.8, 4) is 0 Å². The average Bonchev–Trinajstić information content (AvgIpc) is 2.82. The highest BCUT2D eigenvalue weighted by atomic mass is 79.9. The van der Waals surface area contributed by atoms with Crippen molar-refractivity contribution in [3.63, 3.8) is 0 Å². The first-order valence-electron chi connectivity index (χ1n) is 6.87. The largest absolute Gasteiger partial charge is 0.380 e. The molecule has 20 heavy (non-hydrogen) atoms. The van der Waals surface area contributed by atoms with Crippen molar-refractivity contribution in [2.24, 2.45) is 10.9 Å². The summed E-state index contributed by atoms with van der Waals surface area (Å²) in [7, 11) is 1.78. The fourth-order valence-corrected chi connectivity index (χ4v) is 2.89. The van der Waals surface area contributed by atoms with Crippen LogP contribution in [0.1, 0.15) is 25.1 Å². The second-order valence-corrected chi connectivity index (χ2v) is 6.79. The molecule has 0 aliphatic carbocycles. The van der Waals surface area contributed by atoms with Crippen LogP contribution >= 0.6 is 27.3 Å². The number of nitrogens with zero attached hydrogens (tertiary/aromatic N) is 1. The molecule has 0 bridgehead atoms. The molecule has 1 aromatic rings. The van der Waals surface area contributed by atoms with Crippen molar-refractivity contribution >= 4 is 33.2 Å². The third kappa shape index (κ3) is 7.87. The number of halogens is 1. The first-order valence-corrected chi connectivity index (χ1v) is 8.54. The number of ether oxygens (including phenoxy) is 1. The van der Waals surface area contributed by atoms with E-state index in [0.717, 1.165) is 36.5 Å². The average molecular weight is 362 g/mol. The highest BCUT2D eigenvalue weighted by molar-refractivity contribution is 9.10. The molecule has 1 heterocycles. The van der Waals surface area contributed by atoms with Gasteiger partial charge in [-0.15, -0.1) is 11.3 Å². The lowest BCUT2D eigenvalue weighted by Gasteiger charge is -2.11. The molecule has 0 spiro atoms. The molecule has 1 aromatic heterocycles. The van der Waals surface area contributed by atoms with Gasteiger partial charge in [0, 0.05) is 34.9 Å². The first-order chi connectivity index (χ1) is 9.61. The van der Waals surface area contributed by atoms with Gasteiger partial charge in [-0.3, -0.25) is 4.99 Å². The number of nitrogens with one attached hydrogen (secondary N) is 2. The smallest absolute Gasteiger partial charge is 0.191 e. The van der Waals surface area contributed by atoms with Crippen LogP contribution in [-0.4, -0.2) is 32.8 Å². The molecule has 0 fully saturated rings. The zero-order chi connectivity index (χ0) is 14.8. The minimum Gasteiger partial charge on any atom is -0.380 e. The van der Waals surface area contributed by atoms with E-state index in [2.05, 4.69) is 56.8 Å². The van der Waals surface area contributed by atoms with Crippen molar-refractivity contribution < 1.29 is 4.74 Å². The molecule has 0 unspecified atom stereocenters. The van der Waals surface area contributed by atoms with E-state index in [0.29, 0.717) is 12.5 Å². The van der Waals surface area contributed by atoms with Gasteiger partial charge in [-0.05, 0) is 34.3 Å². The van der Waals surface area contributed by atoms with Gasteiger partial charge >= 0.3 is 0 Å². The van der Waals surface area contributed by atoms with Crippen LogP contribution in [-0.2, 0) is 11.3 Å². The summed E-state index contributed by atoms with van der Waals surface area (Å²) in [6, 6.07) is 2.11. The van der Waals surface area contributed by atoms with E-state index in [9.17, 15) is 0 Å². The highest BCUT2D eigenvalue weighted by Crippen LogP contribution is 2.19. The quantitative estimate of drug-likeness (QED) is 0.424. The second kappa shape index (κ2) is 10.2. The first kappa shape index (κ1) is 17.5. The summed E-state index contributed by atoms with van der Waals surface area (Å²) in [5.41, 5.74) is 0. The van der Waals surface area contributed by atoms with Gasteiger partial charge in [0.05, 0.1) is 13.2 Å². The number of hydrogen-bond acceptors (Lipinski definition) is 3. The van der Waals surface area contributed by atoms with Crippen LogP contribution in [0, 0.1) is 5.92 Å². The fourth-order valence-electron chi connectivity index (χ4n) is 1.50. The topological polar surface area (TPSA) is 45.7 Å². The van der Waals surface area contributed by atoms with E-state index in [4.69, 9.17) is 4.74 Å². The molecule has 0 amide bonds. The molecule has 0 saturated carbocycles. The van der Waals surface area contributed by atoms with Crippen LogP contribution in [0.2, 0.25) is 0 Å². The van der Waals surface area contributed by atoms with Crippen LogP contribution < -0.4 is 10.6 Å². The molecule has 0 aromatic carbocycles. The van der Waals surface area contributed by atoms with Gasteiger partial charge in [-0.25, -0.2) is 0 Å². The Labute approximate surface area is 134 Å². The van der Waals surface area contributed by atoms with Gasteiger partial charge in [-0.1, -0.05) is 13.8 Å². The van der Waals surface area contributed by atoms with Crippen molar-refractivity contribution in [3.05, 3.63) is 20.8 Å². The van der Waals surface area contributed by atoms with Crippen LogP contribution in [0.4, 0.5) is 0 Å². The highest BCUT2D eigenvalue weighted by Gasteiger charge is 2.00. The molecule has 0 radical (unpaired) electrons. The Bertz CT molecular complexity index is 407. The van der Waals surface area contributed by atoms with Crippen LogP contribution in [0.5, 0.6) is 0 Å². The third-order valence-electron chi connectivity index (χ3n) is 2.65. The van der Waals surface area contributed by atoms with E-state index in [1.807, 2.05) is 0 Å². The molecule has 6 heteroatoms. The van der Waals surface area contributed by atoms with E-state index >= 15 is 0 Å². The molecule has 0 saturated heterocycles. The third-order valence-corrected chi connectivity index (χ3v) is 4.35. The predicted octanol–water partition coefficient (Wildman–Crippen LogP) is 3.24. The number of aliphatic imine (C=N–C) groups is 1. The molecular weight excluding hydrogens is 338 g/mol. The lowest BCUT2D eigenvalue weighted by molar-refractivity contribution is 0.128. The van der Waals surface area contributed by atoms with Gasteiger partial charge in [0.25, 0.3) is 0 Å². The number of guanidine groups is 1. The van der Waals surface area contributed by atoms with Gasteiger partial charge in [0.2, 0.25) is 0 Å². The molecular formula is C14H24BrN3OS. The normalized spacial score (nSPS) is 11.9. The molecule has 4 nitrogen and oxygen atoms in total. The van der Waals surface area contributed by atoms with E-state index < -0.39 is 0 Å². The van der Waals surface area contributed by atoms with Crippen LogP contribution in [0.15, 0.2) is 20.9 Å². The van der Waals surface area contributed by atoms with E-state index in [1.165, 1.54) is 4.88 Å². The maximum Gasteiger partial charge on any atom is 0.191 e. The molecule has 2 N–H and O–H groups in total. The Kier molecular flexibility index (Phi) is 8.89. The van der Waals surface area contributed by atoms with Gasteiger partial charge in [0.15, 0.2) is 5.96 Å². The van der Waals surface area contributed by atoms with Crippen molar-refractivity contribution in [2.45, 2.75) is 26.8 Å². The summed E-state index contributed by atoms with van der Waals surface area (Å²) in [6.07, 6.45) is 1.11. The van der Waals surface area contributed by atoms with Gasteiger partial charge < -0.3 is 15.4 Å². The molecule has 0 aliphatic rings. The molecule has 0 atom stereocenters. The van der Waals surface area contributed by atoms with Gasteiger partial charge in [-0.2, -0.15) is 0 Å². The Balaban J connectivity index is 2.11. The maximum absolute atomic E-state index is 5.56. The summed E-state index contributed by atoms with van der Waals surface area (Å²) in [4.78, 5) is 5.46. The molecule has 0 aliphatic heterocycles. The van der Waals surface area contributed by atoms with E-state index in [-0.39, 0.29) is 0 Å². The maximum atomic E-state index is 5.56. The summed E-state index contributed by atoms with van der Waals surface area (Å²) in [5, 5.41) is 8.60. The summed E-state index contributed by atoms with van der Waals surface area (Å²) >= 11 is 5.18. The van der Waals surface area contributed by atoms with Crippen molar-refractivity contribution in [1.29, 1.82) is 0 Å². The summed E-state index contributed by atoms with van der Waals surface area (Å²) in [5.74, 6) is 1.50. The molecule has 114 valence electrons. The standard InChI is InChI=1S/C14H24BrN3OS/c1-11(2)4-6-19-7-5-17-14(16-3)18-9-13-8-12(15)10-20-13/h8,10-11H,4-7,9H2,1-3H3,(H2,16,17,18). The van der Waals surface area contributed by atoms with Crippen LogP contribution in [0.25, 0.3) is 0 Å². The minimum absolute atomic E-state index is 0.697. The Morgan fingerprint density at radius 1 is 1.40 bits per heavy atom. The number of thiophene rings is 1. The van der Waals surface area contributed by atoms with Crippen LogP contribution in [0.3, 0.4) is 0 Å². The Hall–Kier alpha value is -0.590. The summed E-state index contributed by atoms with van der Waals surface area (Å²) < 4.78 is 6.68. The predicted molar refractivity (Wildman–Crippen MR) is 90.5 cm³/mol. The second-order valence-electron chi connectivity index (χ2n) is 4.88.